The van der Waals surface area contributed by atoms with Crippen molar-refractivity contribution in [2.75, 3.05) is 0 Å². The first-order chi connectivity index (χ1) is 8.15. The minimum absolute atomic E-state index is 0.0368. The third-order valence-electron chi connectivity index (χ3n) is 3.09. The first kappa shape index (κ1) is 11.2. The number of hydrogen-bond acceptors (Lipinski definition) is 3. The van der Waals surface area contributed by atoms with Crippen LogP contribution in [0.2, 0.25) is 5.02 Å². The van der Waals surface area contributed by atoms with Gasteiger partial charge < -0.3 is 5.73 Å². The molecular weight excluding hydrogens is 252 g/mol. The van der Waals surface area contributed by atoms with Crippen LogP contribution in [0.3, 0.4) is 0 Å². The molecule has 1 heterocycles. The summed E-state index contributed by atoms with van der Waals surface area (Å²) >= 11 is 7.56. The van der Waals surface area contributed by atoms with Crippen LogP contribution in [-0.4, -0.2) is 10.5 Å². The van der Waals surface area contributed by atoms with E-state index in [1.165, 1.54) is 0 Å². The lowest BCUT2D eigenvalue weighted by Crippen LogP contribution is -2.24. The van der Waals surface area contributed by atoms with Gasteiger partial charge in [-0.3, -0.25) is 0 Å². The Morgan fingerprint density at radius 3 is 2.65 bits per heavy atom. The molecule has 2 nitrogen and oxygen atoms in total. The Labute approximate surface area is 109 Å². The van der Waals surface area contributed by atoms with Crippen molar-refractivity contribution in [2.24, 2.45) is 5.73 Å². The molecule has 0 aliphatic heterocycles. The monoisotopic (exact) mass is 264 g/mol. The normalized spacial score (nSPS) is 17.1. The van der Waals surface area contributed by atoms with E-state index >= 15 is 0 Å². The number of benzene rings is 1. The van der Waals surface area contributed by atoms with Gasteiger partial charge in [0, 0.05) is 27.9 Å². The quantitative estimate of drug-likeness (QED) is 0.922. The molecular formula is C13H13ClN2S. The molecule has 2 N–H and O–H groups in total. The minimum atomic E-state index is 0.0368. The van der Waals surface area contributed by atoms with E-state index in [1.54, 1.807) is 11.3 Å². The highest BCUT2D eigenvalue weighted by Crippen LogP contribution is 2.37. The maximum atomic E-state index is 6.10. The fraction of sp³-hybridized carbons (Fsp3) is 0.308. The van der Waals surface area contributed by atoms with Gasteiger partial charge in [-0.05, 0) is 25.0 Å². The number of thiazole rings is 1. The number of aromatic nitrogens is 1. The zero-order valence-corrected chi connectivity index (χ0v) is 10.9. The topological polar surface area (TPSA) is 38.9 Å². The largest absolute Gasteiger partial charge is 0.325 e. The van der Waals surface area contributed by atoms with Gasteiger partial charge in [-0.2, -0.15) is 0 Å². The lowest BCUT2D eigenvalue weighted by molar-refractivity contribution is 0.669. The zero-order valence-electron chi connectivity index (χ0n) is 9.32. The summed E-state index contributed by atoms with van der Waals surface area (Å²) in [5, 5.41) is 3.97. The fourth-order valence-corrected chi connectivity index (χ4v) is 2.87. The molecule has 4 heteroatoms. The number of rotatable bonds is 3. The van der Waals surface area contributed by atoms with Crippen molar-refractivity contribution in [3.63, 3.8) is 0 Å². The highest BCUT2D eigenvalue weighted by atomic mass is 35.5. The second-order valence-electron chi connectivity index (χ2n) is 4.67. The summed E-state index contributed by atoms with van der Waals surface area (Å²) in [6.07, 6.45) is 3.16. The zero-order chi connectivity index (χ0) is 11.9. The standard InChI is InChI=1S/C13H13ClN2S/c14-10-3-1-9(2-4-10)11-8-17-12(16-11)7-13(15)5-6-13/h1-4,8H,5-7,15H2. The molecule has 0 radical (unpaired) electrons. The molecule has 1 aliphatic rings. The molecule has 0 amide bonds. The van der Waals surface area contributed by atoms with Gasteiger partial charge in [0.05, 0.1) is 10.7 Å². The third-order valence-corrected chi connectivity index (χ3v) is 4.19. The van der Waals surface area contributed by atoms with Gasteiger partial charge in [0.1, 0.15) is 0 Å². The lowest BCUT2D eigenvalue weighted by Gasteiger charge is -2.03. The number of nitrogens with zero attached hydrogens (tertiary/aromatic N) is 1. The van der Waals surface area contributed by atoms with Crippen LogP contribution in [0.1, 0.15) is 17.8 Å². The summed E-state index contributed by atoms with van der Waals surface area (Å²) in [7, 11) is 0. The number of halogens is 1. The lowest BCUT2D eigenvalue weighted by atomic mass is 10.2. The molecule has 1 aliphatic carbocycles. The maximum absolute atomic E-state index is 6.10. The van der Waals surface area contributed by atoms with Gasteiger partial charge in [-0.15, -0.1) is 11.3 Å². The minimum Gasteiger partial charge on any atom is -0.325 e. The van der Waals surface area contributed by atoms with Crippen molar-refractivity contribution in [3.05, 3.63) is 39.7 Å². The van der Waals surface area contributed by atoms with Crippen LogP contribution >= 0.6 is 22.9 Å². The van der Waals surface area contributed by atoms with Gasteiger partial charge in [0.15, 0.2) is 0 Å². The van der Waals surface area contributed by atoms with E-state index in [-0.39, 0.29) is 5.54 Å². The van der Waals surface area contributed by atoms with Crippen LogP contribution in [0, 0.1) is 0 Å². The molecule has 17 heavy (non-hydrogen) atoms. The molecule has 3 rings (SSSR count). The molecule has 1 fully saturated rings. The maximum Gasteiger partial charge on any atom is 0.0950 e. The van der Waals surface area contributed by atoms with Crippen molar-refractivity contribution in [2.45, 2.75) is 24.8 Å². The predicted octanol–water partition coefficient (Wildman–Crippen LogP) is 3.50. The number of nitrogens with two attached hydrogens (primary N) is 1. The highest BCUT2D eigenvalue weighted by molar-refractivity contribution is 7.10. The summed E-state index contributed by atoms with van der Waals surface area (Å²) in [4.78, 5) is 4.63. The Kier molecular flexibility index (Phi) is 2.69. The van der Waals surface area contributed by atoms with E-state index in [0.717, 1.165) is 40.6 Å². The van der Waals surface area contributed by atoms with Crippen molar-refractivity contribution >= 4 is 22.9 Å². The second-order valence-corrected chi connectivity index (χ2v) is 6.05. The average molecular weight is 265 g/mol. The van der Waals surface area contributed by atoms with Crippen molar-refractivity contribution < 1.29 is 0 Å². The fourth-order valence-electron chi connectivity index (χ4n) is 1.78. The van der Waals surface area contributed by atoms with Crippen LogP contribution in [0.25, 0.3) is 11.3 Å². The van der Waals surface area contributed by atoms with Crippen LogP contribution < -0.4 is 5.73 Å². The van der Waals surface area contributed by atoms with E-state index in [9.17, 15) is 0 Å². The average Bonchev–Trinajstić information content (AvgIpc) is 2.86. The summed E-state index contributed by atoms with van der Waals surface area (Å²) in [6, 6.07) is 7.77. The van der Waals surface area contributed by atoms with Crippen LogP contribution in [0.5, 0.6) is 0 Å². The molecule has 0 bridgehead atoms. The summed E-state index contributed by atoms with van der Waals surface area (Å²) in [6.45, 7) is 0. The van der Waals surface area contributed by atoms with E-state index in [2.05, 4.69) is 10.4 Å². The molecule has 0 spiro atoms. The van der Waals surface area contributed by atoms with Gasteiger partial charge in [0.2, 0.25) is 0 Å². The molecule has 0 saturated heterocycles. The Hall–Kier alpha value is -0.900. The van der Waals surface area contributed by atoms with Gasteiger partial charge >= 0.3 is 0 Å². The molecule has 0 unspecified atom stereocenters. The van der Waals surface area contributed by atoms with E-state index in [0.29, 0.717) is 0 Å². The van der Waals surface area contributed by atoms with Gasteiger partial charge in [0.25, 0.3) is 0 Å². The van der Waals surface area contributed by atoms with Crippen LogP contribution in [0.4, 0.5) is 0 Å². The molecule has 88 valence electrons. The van der Waals surface area contributed by atoms with Crippen molar-refractivity contribution in [1.82, 2.24) is 4.98 Å². The second kappa shape index (κ2) is 4.09. The van der Waals surface area contributed by atoms with Crippen molar-refractivity contribution in [3.8, 4) is 11.3 Å². The van der Waals surface area contributed by atoms with Crippen molar-refractivity contribution in [1.29, 1.82) is 0 Å². The van der Waals surface area contributed by atoms with Gasteiger partial charge in [-0.25, -0.2) is 4.98 Å². The molecule has 0 atom stereocenters. The SMILES string of the molecule is NC1(Cc2nc(-c3ccc(Cl)cc3)cs2)CC1. The molecule has 2 aromatic rings. The Morgan fingerprint density at radius 1 is 1.29 bits per heavy atom. The predicted molar refractivity (Wildman–Crippen MR) is 72.4 cm³/mol. The first-order valence-electron chi connectivity index (χ1n) is 5.64. The summed E-state index contributed by atoms with van der Waals surface area (Å²) < 4.78 is 0. The molecule has 1 aromatic heterocycles. The van der Waals surface area contributed by atoms with E-state index in [4.69, 9.17) is 17.3 Å². The van der Waals surface area contributed by atoms with E-state index < -0.39 is 0 Å². The number of hydrogen-bond donors (Lipinski definition) is 1. The van der Waals surface area contributed by atoms with Crippen LogP contribution in [-0.2, 0) is 6.42 Å². The first-order valence-corrected chi connectivity index (χ1v) is 6.90. The summed E-state index contributed by atoms with van der Waals surface area (Å²) in [5.74, 6) is 0. The molecule has 1 saturated carbocycles. The summed E-state index contributed by atoms with van der Waals surface area (Å²) in [5.41, 5.74) is 8.26. The van der Waals surface area contributed by atoms with E-state index in [1.807, 2.05) is 24.3 Å². The van der Waals surface area contributed by atoms with Crippen LogP contribution in [0.15, 0.2) is 29.6 Å². The highest BCUT2D eigenvalue weighted by Gasteiger charge is 2.38. The Morgan fingerprint density at radius 2 is 2.00 bits per heavy atom. The molecule has 1 aromatic carbocycles. The van der Waals surface area contributed by atoms with Gasteiger partial charge in [-0.1, -0.05) is 23.7 Å². The Balaban J connectivity index is 1.82. The Bertz CT molecular complexity index is 529. The smallest absolute Gasteiger partial charge is 0.0950 e. The third kappa shape index (κ3) is 2.51.